The van der Waals surface area contributed by atoms with E-state index >= 15 is 0 Å². The van der Waals surface area contributed by atoms with Crippen LogP contribution in [0.2, 0.25) is 0 Å². The summed E-state index contributed by atoms with van der Waals surface area (Å²) < 4.78 is 5.42. The van der Waals surface area contributed by atoms with E-state index in [1.54, 1.807) is 13.2 Å². The van der Waals surface area contributed by atoms with Gasteiger partial charge in [0, 0.05) is 41.8 Å². The van der Waals surface area contributed by atoms with Crippen LogP contribution in [0.25, 0.3) is 0 Å². The third kappa shape index (κ3) is 3.37. The van der Waals surface area contributed by atoms with Crippen LogP contribution >= 0.6 is 11.8 Å². The minimum atomic E-state index is 0.121. The number of oxime groups is 1. The maximum atomic E-state index is 8.79. The van der Waals surface area contributed by atoms with Crippen molar-refractivity contribution in [3.05, 3.63) is 29.3 Å². The third-order valence-corrected chi connectivity index (χ3v) is 4.75. The minimum Gasteiger partial charge on any atom is -0.496 e. The molecule has 0 spiro atoms. The number of methoxy groups -OCH3 is 1. The van der Waals surface area contributed by atoms with E-state index < -0.39 is 0 Å². The van der Waals surface area contributed by atoms with E-state index in [1.807, 2.05) is 23.9 Å². The van der Waals surface area contributed by atoms with Crippen LogP contribution in [-0.4, -0.2) is 47.1 Å². The molecule has 1 saturated heterocycles. The zero-order valence-corrected chi connectivity index (χ0v) is 12.7. The summed E-state index contributed by atoms with van der Waals surface area (Å²) in [6, 6.07) is 6.15. The lowest BCUT2D eigenvalue weighted by Gasteiger charge is -2.33. The topological polar surface area (TPSA) is 71.1 Å². The second-order valence-corrected chi connectivity index (χ2v) is 6.06. The summed E-state index contributed by atoms with van der Waals surface area (Å²) in [6.07, 6.45) is 0. The summed E-state index contributed by atoms with van der Waals surface area (Å²) in [5.41, 5.74) is 7.43. The molecule has 1 aliphatic rings. The van der Waals surface area contributed by atoms with E-state index in [2.05, 4.69) is 17.0 Å². The van der Waals surface area contributed by atoms with E-state index in [-0.39, 0.29) is 5.84 Å². The van der Waals surface area contributed by atoms with Crippen molar-refractivity contribution in [2.24, 2.45) is 10.9 Å². The van der Waals surface area contributed by atoms with Gasteiger partial charge in [-0.15, -0.1) is 0 Å². The second-order valence-electron chi connectivity index (χ2n) is 4.91. The first-order chi connectivity index (χ1) is 9.65. The lowest BCUT2D eigenvalue weighted by molar-refractivity contribution is 0.221. The highest BCUT2D eigenvalue weighted by atomic mass is 32.2. The molecule has 1 aromatic carbocycles. The van der Waals surface area contributed by atoms with Crippen molar-refractivity contribution in [1.29, 1.82) is 0 Å². The summed E-state index contributed by atoms with van der Waals surface area (Å²) in [6.45, 7) is 4.13. The summed E-state index contributed by atoms with van der Waals surface area (Å²) >= 11 is 1.99. The van der Waals surface area contributed by atoms with Gasteiger partial charge in [-0.1, -0.05) is 5.16 Å². The number of amidine groups is 1. The lowest BCUT2D eigenvalue weighted by Crippen LogP contribution is -2.39. The Morgan fingerprint density at radius 2 is 2.40 bits per heavy atom. The molecule has 1 atom stereocenters. The van der Waals surface area contributed by atoms with E-state index in [0.29, 0.717) is 11.6 Å². The molecule has 1 heterocycles. The van der Waals surface area contributed by atoms with Crippen LogP contribution in [0.4, 0.5) is 0 Å². The molecule has 2 rings (SSSR count). The summed E-state index contributed by atoms with van der Waals surface area (Å²) in [4.78, 5) is 2.43. The highest BCUT2D eigenvalue weighted by Crippen LogP contribution is 2.25. The summed E-state index contributed by atoms with van der Waals surface area (Å²) in [5, 5.41) is 11.8. The summed E-state index contributed by atoms with van der Waals surface area (Å²) in [7, 11) is 1.66. The molecule has 1 fully saturated rings. The molecule has 110 valence electrons. The maximum absolute atomic E-state index is 8.79. The first-order valence-electron chi connectivity index (χ1n) is 6.62. The molecular formula is C14H21N3O2S. The molecular weight excluding hydrogens is 274 g/mol. The van der Waals surface area contributed by atoms with Crippen LogP contribution in [0.3, 0.4) is 0 Å². The van der Waals surface area contributed by atoms with Crippen molar-refractivity contribution in [1.82, 2.24) is 4.90 Å². The average Bonchev–Trinajstić information content (AvgIpc) is 2.48. The Labute approximate surface area is 123 Å². The highest BCUT2D eigenvalue weighted by Gasteiger charge is 2.20. The van der Waals surface area contributed by atoms with Crippen LogP contribution < -0.4 is 10.5 Å². The summed E-state index contributed by atoms with van der Waals surface area (Å²) in [5.74, 6) is 3.27. The zero-order chi connectivity index (χ0) is 14.5. The molecule has 1 unspecified atom stereocenters. The molecule has 5 nitrogen and oxygen atoms in total. The molecule has 20 heavy (non-hydrogen) atoms. The molecule has 0 aliphatic carbocycles. The smallest absolute Gasteiger partial charge is 0.170 e. The van der Waals surface area contributed by atoms with Gasteiger partial charge in [-0.3, -0.25) is 4.90 Å². The molecule has 0 amide bonds. The van der Waals surface area contributed by atoms with Gasteiger partial charge in [-0.25, -0.2) is 0 Å². The Morgan fingerprint density at radius 3 is 3.05 bits per heavy atom. The minimum absolute atomic E-state index is 0.121. The monoisotopic (exact) mass is 295 g/mol. The first-order valence-corrected chi connectivity index (χ1v) is 7.77. The Balaban J connectivity index is 2.23. The number of hydrogen-bond donors (Lipinski definition) is 2. The number of nitrogens with zero attached hydrogens (tertiary/aromatic N) is 2. The molecule has 1 aromatic rings. The Morgan fingerprint density at radius 1 is 1.60 bits per heavy atom. The van der Waals surface area contributed by atoms with Crippen molar-refractivity contribution in [3.63, 3.8) is 0 Å². The normalized spacial score (nSPS) is 20.9. The predicted octanol–water partition coefficient (Wildman–Crippen LogP) is 1.73. The van der Waals surface area contributed by atoms with Crippen LogP contribution in [0, 0.1) is 0 Å². The molecule has 6 heteroatoms. The van der Waals surface area contributed by atoms with Gasteiger partial charge in [0.15, 0.2) is 5.84 Å². The van der Waals surface area contributed by atoms with Crippen LogP contribution in [-0.2, 0) is 6.54 Å². The van der Waals surface area contributed by atoms with Crippen molar-refractivity contribution in [2.75, 3.05) is 25.2 Å². The lowest BCUT2D eigenvalue weighted by atomic mass is 10.1. The Kier molecular flexibility index (Phi) is 5.14. The first kappa shape index (κ1) is 15.0. The van der Waals surface area contributed by atoms with Gasteiger partial charge in [0.25, 0.3) is 0 Å². The Hall–Kier alpha value is -1.40. The number of benzene rings is 1. The van der Waals surface area contributed by atoms with Crippen molar-refractivity contribution >= 4 is 17.6 Å². The quantitative estimate of drug-likeness (QED) is 0.383. The van der Waals surface area contributed by atoms with Crippen LogP contribution in [0.15, 0.2) is 23.4 Å². The Bertz CT molecular complexity index is 493. The van der Waals surface area contributed by atoms with E-state index in [0.717, 1.165) is 35.9 Å². The fraction of sp³-hybridized carbons (Fsp3) is 0.500. The molecule has 3 N–H and O–H groups in total. The van der Waals surface area contributed by atoms with E-state index in [4.69, 9.17) is 15.7 Å². The van der Waals surface area contributed by atoms with Crippen LogP contribution in [0.5, 0.6) is 5.75 Å². The predicted molar refractivity (Wildman–Crippen MR) is 82.7 cm³/mol. The number of ether oxygens (including phenoxy) is 1. The SMILES string of the molecule is COc1ccc(/C(N)=N/O)cc1CN1CCSCC1C. The number of nitrogens with two attached hydrogens (primary N) is 1. The van der Waals surface area contributed by atoms with Gasteiger partial charge < -0.3 is 15.7 Å². The number of thioether (sulfide) groups is 1. The van der Waals surface area contributed by atoms with Gasteiger partial charge in [0.1, 0.15) is 5.75 Å². The molecule has 0 aromatic heterocycles. The van der Waals surface area contributed by atoms with Crippen molar-refractivity contribution in [3.8, 4) is 5.75 Å². The molecule has 0 saturated carbocycles. The van der Waals surface area contributed by atoms with Gasteiger partial charge in [-0.2, -0.15) is 11.8 Å². The zero-order valence-electron chi connectivity index (χ0n) is 11.9. The third-order valence-electron chi connectivity index (χ3n) is 3.56. The van der Waals surface area contributed by atoms with Gasteiger partial charge in [-0.05, 0) is 25.1 Å². The van der Waals surface area contributed by atoms with Crippen molar-refractivity contribution in [2.45, 2.75) is 19.5 Å². The maximum Gasteiger partial charge on any atom is 0.170 e. The fourth-order valence-electron chi connectivity index (χ4n) is 2.33. The van der Waals surface area contributed by atoms with Crippen LogP contribution in [0.1, 0.15) is 18.1 Å². The molecule has 0 bridgehead atoms. The average molecular weight is 295 g/mol. The van der Waals surface area contributed by atoms with Gasteiger partial charge >= 0.3 is 0 Å². The second kappa shape index (κ2) is 6.85. The van der Waals surface area contributed by atoms with Crippen molar-refractivity contribution < 1.29 is 9.94 Å². The molecule has 1 aliphatic heterocycles. The van der Waals surface area contributed by atoms with Gasteiger partial charge in [0.2, 0.25) is 0 Å². The van der Waals surface area contributed by atoms with E-state index in [1.165, 1.54) is 0 Å². The number of rotatable bonds is 4. The van der Waals surface area contributed by atoms with Gasteiger partial charge in [0.05, 0.1) is 7.11 Å². The standard InChI is InChI=1S/C14H21N3O2S/c1-10-9-20-6-5-17(10)8-12-7-11(14(15)16-18)3-4-13(12)19-2/h3-4,7,10,18H,5-6,8-9H2,1-2H3,(H2,15,16). The largest absolute Gasteiger partial charge is 0.496 e. The van der Waals surface area contributed by atoms with E-state index in [9.17, 15) is 0 Å². The fourth-order valence-corrected chi connectivity index (χ4v) is 3.42. The highest BCUT2D eigenvalue weighted by molar-refractivity contribution is 7.99. The molecule has 0 radical (unpaired) electrons. The number of hydrogen-bond acceptors (Lipinski definition) is 5.